The summed E-state index contributed by atoms with van der Waals surface area (Å²) in [4.78, 5) is 12.0. The highest BCUT2D eigenvalue weighted by Gasteiger charge is 2.10. The van der Waals surface area contributed by atoms with E-state index in [1.165, 1.54) is 11.3 Å². The number of nitrogen functional groups attached to an aromatic ring is 1. The van der Waals surface area contributed by atoms with E-state index in [2.05, 4.69) is 5.32 Å². The van der Waals surface area contributed by atoms with E-state index >= 15 is 0 Å². The summed E-state index contributed by atoms with van der Waals surface area (Å²) in [5.74, 6) is -0.263. The highest BCUT2D eigenvalue weighted by Crippen LogP contribution is 2.23. The third-order valence-electron chi connectivity index (χ3n) is 2.55. The van der Waals surface area contributed by atoms with Gasteiger partial charge in [0, 0.05) is 11.3 Å². The van der Waals surface area contributed by atoms with Crippen molar-refractivity contribution in [3.63, 3.8) is 0 Å². The summed E-state index contributed by atoms with van der Waals surface area (Å²) in [7, 11) is 0. The normalized spacial score (nSPS) is 9.78. The third-order valence-corrected chi connectivity index (χ3v) is 3.38. The first-order chi connectivity index (χ1) is 8.61. The predicted molar refractivity (Wildman–Crippen MR) is 72.6 cm³/mol. The Bertz CT molecular complexity index is 640. The minimum Gasteiger partial charge on any atom is -0.398 e. The van der Waals surface area contributed by atoms with E-state index in [-0.39, 0.29) is 5.91 Å². The maximum absolute atomic E-state index is 12.0. The van der Waals surface area contributed by atoms with Crippen LogP contribution < -0.4 is 11.1 Å². The average molecular weight is 257 g/mol. The molecule has 0 fully saturated rings. The molecule has 1 aromatic heterocycles. The van der Waals surface area contributed by atoms with E-state index < -0.39 is 0 Å². The van der Waals surface area contributed by atoms with Crippen molar-refractivity contribution >= 4 is 27.9 Å². The molecule has 3 N–H and O–H groups in total. The molecule has 5 heteroatoms. The van der Waals surface area contributed by atoms with Gasteiger partial charge in [0.25, 0.3) is 5.91 Å². The first kappa shape index (κ1) is 12.1. The number of amides is 1. The van der Waals surface area contributed by atoms with Crippen molar-refractivity contribution in [1.29, 1.82) is 5.26 Å². The predicted octanol–water partition coefficient (Wildman–Crippen LogP) is 2.76. The Morgan fingerprint density at radius 3 is 2.89 bits per heavy atom. The van der Waals surface area contributed by atoms with E-state index in [4.69, 9.17) is 11.0 Å². The second kappa shape index (κ2) is 4.90. The van der Waals surface area contributed by atoms with Gasteiger partial charge in [0.05, 0.1) is 5.56 Å². The number of hydrogen-bond acceptors (Lipinski definition) is 4. The first-order valence-corrected chi connectivity index (χ1v) is 6.15. The number of aryl methyl sites for hydroxylation is 1. The summed E-state index contributed by atoms with van der Waals surface area (Å²) in [5.41, 5.74) is 8.22. The summed E-state index contributed by atoms with van der Waals surface area (Å²) in [5, 5.41) is 13.9. The monoisotopic (exact) mass is 257 g/mol. The van der Waals surface area contributed by atoms with Crippen LogP contribution in [-0.2, 0) is 0 Å². The maximum Gasteiger partial charge on any atom is 0.256 e. The highest BCUT2D eigenvalue weighted by molar-refractivity contribution is 7.14. The van der Waals surface area contributed by atoms with Crippen molar-refractivity contribution in [3.8, 4) is 6.07 Å². The van der Waals surface area contributed by atoms with Crippen molar-refractivity contribution in [2.24, 2.45) is 0 Å². The Morgan fingerprint density at radius 1 is 1.44 bits per heavy atom. The molecule has 1 amide bonds. The van der Waals surface area contributed by atoms with Crippen LogP contribution in [0.2, 0.25) is 0 Å². The molecule has 0 unspecified atom stereocenters. The SMILES string of the molecule is Cc1ccc(C(=O)Nc2sccc2C#N)cc1N. The molecule has 0 atom stereocenters. The van der Waals surface area contributed by atoms with Gasteiger partial charge in [-0.1, -0.05) is 6.07 Å². The van der Waals surface area contributed by atoms with Crippen LogP contribution in [0.3, 0.4) is 0 Å². The molecule has 0 saturated carbocycles. The molecule has 0 spiro atoms. The number of hydrogen-bond donors (Lipinski definition) is 2. The van der Waals surface area contributed by atoms with E-state index in [0.717, 1.165) is 5.56 Å². The Morgan fingerprint density at radius 2 is 2.22 bits per heavy atom. The fourth-order valence-corrected chi connectivity index (χ4v) is 2.18. The molecule has 1 aromatic carbocycles. The van der Waals surface area contributed by atoms with Crippen LogP contribution in [0.1, 0.15) is 21.5 Å². The fourth-order valence-electron chi connectivity index (χ4n) is 1.45. The van der Waals surface area contributed by atoms with Gasteiger partial charge in [-0.2, -0.15) is 5.26 Å². The minimum absolute atomic E-state index is 0.263. The number of carbonyl (C=O) groups is 1. The average Bonchev–Trinajstić information content (AvgIpc) is 2.79. The zero-order valence-corrected chi connectivity index (χ0v) is 10.5. The molecule has 0 bridgehead atoms. The minimum atomic E-state index is -0.263. The number of anilines is 2. The summed E-state index contributed by atoms with van der Waals surface area (Å²) < 4.78 is 0. The van der Waals surface area contributed by atoms with Crippen molar-refractivity contribution in [2.75, 3.05) is 11.1 Å². The number of nitrogens with zero attached hydrogens (tertiary/aromatic N) is 1. The highest BCUT2D eigenvalue weighted by atomic mass is 32.1. The molecular weight excluding hydrogens is 246 g/mol. The van der Waals surface area contributed by atoms with Gasteiger partial charge in [0.1, 0.15) is 11.1 Å². The molecule has 1 heterocycles. The number of nitrogens with two attached hydrogens (primary N) is 1. The number of nitrogens with one attached hydrogen (secondary N) is 1. The van der Waals surface area contributed by atoms with Crippen LogP contribution in [0.25, 0.3) is 0 Å². The molecule has 0 aliphatic heterocycles. The standard InChI is InChI=1S/C13H11N3OS/c1-8-2-3-9(6-11(8)15)12(17)16-13-10(7-14)4-5-18-13/h2-6H,15H2,1H3,(H,16,17). The quantitative estimate of drug-likeness (QED) is 0.812. The maximum atomic E-state index is 12.0. The molecule has 0 radical (unpaired) electrons. The summed E-state index contributed by atoms with van der Waals surface area (Å²) >= 11 is 1.32. The van der Waals surface area contributed by atoms with Gasteiger partial charge in [0.15, 0.2) is 0 Å². The number of carbonyl (C=O) groups excluding carboxylic acids is 1. The Hall–Kier alpha value is -2.32. The lowest BCUT2D eigenvalue weighted by Crippen LogP contribution is -2.12. The number of benzene rings is 1. The fraction of sp³-hybridized carbons (Fsp3) is 0.0769. The van der Waals surface area contributed by atoms with Crippen molar-refractivity contribution in [2.45, 2.75) is 6.92 Å². The largest absolute Gasteiger partial charge is 0.398 e. The molecule has 18 heavy (non-hydrogen) atoms. The van der Waals surface area contributed by atoms with E-state index in [9.17, 15) is 4.79 Å². The van der Waals surface area contributed by atoms with Crippen molar-refractivity contribution < 1.29 is 4.79 Å². The second-order valence-electron chi connectivity index (χ2n) is 3.80. The van der Waals surface area contributed by atoms with Gasteiger partial charge >= 0.3 is 0 Å². The summed E-state index contributed by atoms with van der Waals surface area (Å²) in [6, 6.07) is 8.83. The van der Waals surface area contributed by atoms with Gasteiger partial charge in [0.2, 0.25) is 0 Å². The van der Waals surface area contributed by atoms with Crippen LogP contribution in [0.15, 0.2) is 29.6 Å². The van der Waals surface area contributed by atoms with Crippen LogP contribution in [0.5, 0.6) is 0 Å². The van der Waals surface area contributed by atoms with Crippen molar-refractivity contribution in [1.82, 2.24) is 0 Å². The van der Waals surface area contributed by atoms with Crippen LogP contribution in [0.4, 0.5) is 10.7 Å². The lowest BCUT2D eigenvalue weighted by molar-refractivity contribution is 0.102. The first-order valence-electron chi connectivity index (χ1n) is 5.27. The van der Waals surface area contributed by atoms with Gasteiger partial charge in [-0.3, -0.25) is 4.79 Å². The van der Waals surface area contributed by atoms with Gasteiger partial charge in [-0.25, -0.2) is 0 Å². The summed E-state index contributed by atoms with van der Waals surface area (Å²) in [6.45, 7) is 1.88. The van der Waals surface area contributed by atoms with E-state index in [1.807, 2.05) is 13.0 Å². The Labute approximate surface area is 109 Å². The second-order valence-corrected chi connectivity index (χ2v) is 4.72. The molecule has 4 nitrogen and oxygen atoms in total. The number of rotatable bonds is 2. The number of nitriles is 1. The lowest BCUT2D eigenvalue weighted by atomic mass is 10.1. The smallest absolute Gasteiger partial charge is 0.256 e. The van der Waals surface area contributed by atoms with Crippen LogP contribution in [-0.4, -0.2) is 5.91 Å². The lowest BCUT2D eigenvalue weighted by Gasteiger charge is -2.05. The third kappa shape index (κ3) is 2.34. The molecule has 0 aliphatic carbocycles. The molecule has 2 rings (SSSR count). The topological polar surface area (TPSA) is 78.9 Å². The molecule has 0 saturated heterocycles. The number of thiophene rings is 1. The molecule has 0 aliphatic rings. The molecule has 2 aromatic rings. The summed E-state index contributed by atoms with van der Waals surface area (Å²) in [6.07, 6.45) is 0. The van der Waals surface area contributed by atoms with Crippen molar-refractivity contribution in [3.05, 3.63) is 46.3 Å². The van der Waals surface area contributed by atoms with Gasteiger partial charge in [-0.15, -0.1) is 11.3 Å². The van der Waals surface area contributed by atoms with Gasteiger partial charge in [-0.05, 0) is 36.1 Å². The zero-order valence-electron chi connectivity index (χ0n) is 9.73. The Kier molecular flexibility index (Phi) is 3.31. The van der Waals surface area contributed by atoms with E-state index in [1.54, 1.807) is 29.6 Å². The zero-order chi connectivity index (χ0) is 13.1. The van der Waals surface area contributed by atoms with Crippen LogP contribution >= 0.6 is 11.3 Å². The van der Waals surface area contributed by atoms with Crippen LogP contribution in [0, 0.1) is 18.3 Å². The van der Waals surface area contributed by atoms with E-state index in [0.29, 0.717) is 21.8 Å². The molecule has 90 valence electrons. The Balaban J connectivity index is 2.23. The molecular formula is C13H11N3OS. The van der Waals surface area contributed by atoms with Gasteiger partial charge < -0.3 is 11.1 Å².